The highest BCUT2D eigenvalue weighted by molar-refractivity contribution is 5.95. The van der Waals surface area contributed by atoms with Gasteiger partial charge in [0.05, 0.1) is 5.56 Å². The predicted octanol–water partition coefficient (Wildman–Crippen LogP) is 4.14. The first-order valence-corrected chi connectivity index (χ1v) is 5.56. The molecule has 0 aliphatic heterocycles. The fraction of sp³-hybridized carbons (Fsp3) is 0.133. The van der Waals surface area contributed by atoms with E-state index >= 15 is 0 Å². The van der Waals surface area contributed by atoms with Crippen molar-refractivity contribution < 1.29 is 13.6 Å². The SMILES string of the molecule is CC(=O)c1cccc(-c2c(F)ccc(C)c2F)c1. The van der Waals surface area contributed by atoms with Gasteiger partial charge in [0.2, 0.25) is 0 Å². The van der Waals surface area contributed by atoms with Crippen molar-refractivity contribution in [3.63, 3.8) is 0 Å². The molecule has 0 heterocycles. The van der Waals surface area contributed by atoms with Gasteiger partial charge in [0.1, 0.15) is 11.6 Å². The number of hydrogen-bond acceptors (Lipinski definition) is 1. The van der Waals surface area contributed by atoms with E-state index in [-0.39, 0.29) is 11.3 Å². The Labute approximate surface area is 104 Å². The molecule has 3 heteroatoms. The second-order valence-corrected chi connectivity index (χ2v) is 4.19. The zero-order chi connectivity index (χ0) is 13.3. The third kappa shape index (κ3) is 2.16. The minimum atomic E-state index is -0.626. The summed E-state index contributed by atoms with van der Waals surface area (Å²) in [5, 5.41) is 0. The summed E-state index contributed by atoms with van der Waals surface area (Å²) in [6.07, 6.45) is 0. The number of aryl methyl sites for hydroxylation is 1. The Morgan fingerprint density at radius 3 is 2.50 bits per heavy atom. The summed E-state index contributed by atoms with van der Waals surface area (Å²) in [5.41, 5.74) is 1.10. The van der Waals surface area contributed by atoms with Crippen LogP contribution in [0.5, 0.6) is 0 Å². The van der Waals surface area contributed by atoms with Crippen LogP contribution < -0.4 is 0 Å². The van der Waals surface area contributed by atoms with Gasteiger partial charge in [-0.05, 0) is 37.1 Å². The van der Waals surface area contributed by atoms with Crippen LogP contribution in [0.25, 0.3) is 11.1 Å². The van der Waals surface area contributed by atoms with Gasteiger partial charge in [-0.15, -0.1) is 0 Å². The van der Waals surface area contributed by atoms with E-state index < -0.39 is 11.6 Å². The summed E-state index contributed by atoms with van der Waals surface area (Å²) in [7, 11) is 0. The van der Waals surface area contributed by atoms with Crippen LogP contribution in [0.15, 0.2) is 36.4 Å². The third-order valence-corrected chi connectivity index (χ3v) is 2.84. The van der Waals surface area contributed by atoms with Crippen molar-refractivity contribution in [1.29, 1.82) is 0 Å². The number of benzene rings is 2. The van der Waals surface area contributed by atoms with Crippen LogP contribution in [0.2, 0.25) is 0 Å². The lowest BCUT2D eigenvalue weighted by molar-refractivity contribution is 0.101. The molecule has 2 rings (SSSR count). The molecule has 0 unspecified atom stereocenters. The van der Waals surface area contributed by atoms with Crippen molar-refractivity contribution in [1.82, 2.24) is 0 Å². The molecule has 0 atom stereocenters. The van der Waals surface area contributed by atoms with E-state index in [1.54, 1.807) is 25.1 Å². The molecule has 2 aromatic carbocycles. The van der Waals surface area contributed by atoms with Crippen LogP contribution in [0.1, 0.15) is 22.8 Å². The number of ketones is 1. The van der Waals surface area contributed by atoms with Gasteiger partial charge in [-0.1, -0.05) is 24.3 Å². The highest BCUT2D eigenvalue weighted by Gasteiger charge is 2.14. The number of hydrogen-bond donors (Lipinski definition) is 0. The summed E-state index contributed by atoms with van der Waals surface area (Å²) >= 11 is 0. The van der Waals surface area contributed by atoms with E-state index in [4.69, 9.17) is 0 Å². The lowest BCUT2D eigenvalue weighted by Gasteiger charge is -2.08. The van der Waals surface area contributed by atoms with Gasteiger partial charge in [-0.25, -0.2) is 8.78 Å². The molecule has 0 saturated heterocycles. The van der Waals surface area contributed by atoms with Crippen molar-refractivity contribution in [2.45, 2.75) is 13.8 Å². The first kappa shape index (κ1) is 12.4. The summed E-state index contributed by atoms with van der Waals surface area (Å²) in [5.74, 6) is -1.35. The highest BCUT2D eigenvalue weighted by Crippen LogP contribution is 2.28. The van der Waals surface area contributed by atoms with Gasteiger partial charge in [0, 0.05) is 5.56 Å². The van der Waals surface area contributed by atoms with E-state index in [0.717, 1.165) is 0 Å². The monoisotopic (exact) mass is 246 g/mol. The van der Waals surface area contributed by atoms with Crippen molar-refractivity contribution in [3.8, 4) is 11.1 Å². The van der Waals surface area contributed by atoms with Crippen LogP contribution in [-0.2, 0) is 0 Å². The maximum Gasteiger partial charge on any atom is 0.159 e. The van der Waals surface area contributed by atoms with E-state index in [0.29, 0.717) is 16.7 Å². The largest absolute Gasteiger partial charge is 0.295 e. The topological polar surface area (TPSA) is 17.1 Å². The van der Waals surface area contributed by atoms with Gasteiger partial charge in [-0.3, -0.25) is 4.79 Å². The van der Waals surface area contributed by atoms with Gasteiger partial charge in [-0.2, -0.15) is 0 Å². The molecule has 0 saturated carbocycles. The summed E-state index contributed by atoms with van der Waals surface area (Å²) in [6.45, 7) is 3.00. The average molecular weight is 246 g/mol. The fourth-order valence-corrected chi connectivity index (χ4v) is 1.81. The minimum absolute atomic E-state index is 0.0851. The molecule has 1 nitrogen and oxygen atoms in total. The molecule has 0 spiro atoms. The molecule has 0 fully saturated rings. The van der Waals surface area contributed by atoms with Crippen LogP contribution in [0.3, 0.4) is 0 Å². The number of carbonyl (C=O) groups is 1. The second-order valence-electron chi connectivity index (χ2n) is 4.19. The van der Waals surface area contributed by atoms with Crippen LogP contribution in [-0.4, -0.2) is 5.78 Å². The third-order valence-electron chi connectivity index (χ3n) is 2.84. The number of Topliss-reactive ketones (excluding diaryl/α,β-unsaturated/α-hetero) is 1. The van der Waals surface area contributed by atoms with Gasteiger partial charge < -0.3 is 0 Å². The Bertz CT molecular complexity index is 618. The molecule has 2 aromatic rings. The molecule has 0 radical (unpaired) electrons. The normalized spacial score (nSPS) is 10.4. The van der Waals surface area contributed by atoms with Gasteiger partial charge in [0.15, 0.2) is 5.78 Å². The van der Waals surface area contributed by atoms with E-state index in [2.05, 4.69) is 0 Å². The van der Waals surface area contributed by atoms with Crippen LogP contribution in [0.4, 0.5) is 8.78 Å². The van der Waals surface area contributed by atoms with Crippen molar-refractivity contribution >= 4 is 5.78 Å². The first-order chi connectivity index (χ1) is 8.50. The second kappa shape index (κ2) is 4.69. The van der Waals surface area contributed by atoms with Gasteiger partial charge >= 0.3 is 0 Å². The quantitative estimate of drug-likeness (QED) is 0.728. The molecule has 0 amide bonds. The first-order valence-electron chi connectivity index (χ1n) is 5.56. The summed E-state index contributed by atoms with van der Waals surface area (Å²) in [4.78, 5) is 11.3. The number of rotatable bonds is 2. The Balaban J connectivity index is 2.65. The Morgan fingerprint density at radius 2 is 1.83 bits per heavy atom. The molecule has 0 aromatic heterocycles. The zero-order valence-corrected chi connectivity index (χ0v) is 10.1. The number of halogens is 2. The molecule has 18 heavy (non-hydrogen) atoms. The molecular formula is C15H12F2O. The van der Waals surface area contributed by atoms with Crippen molar-refractivity contribution in [3.05, 3.63) is 59.2 Å². The Kier molecular flexibility index (Phi) is 3.24. The fourth-order valence-electron chi connectivity index (χ4n) is 1.81. The van der Waals surface area contributed by atoms with E-state index in [1.165, 1.54) is 25.1 Å². The van der Waals surface area contributed by atoms with Crippen molar-refractivity contribution in [2.75, 3.05) is 0 Å². The molecule has 92 valence electrons. The highest BCUT2D eigenvalue weighted by atomic mass is 19.1. The molecule has 0 aliphatic carbocycles. The smallest absolute Gasteiger partial charge is 0.159 e. The van der Waals surface area contributed by atoms with E-state index in [1.807, 2.05) is 0 Å². The predicted molar refractivity (Wildman–Crippen MR) is 66.5 cm³/mol. The lowest BCUT2D eigenvalue weighted by Crippen LogP contribution is -1.96. The molecule has 0 bridgehead atoms. The number of carbonyl (C=O) groups excluding carboxylic acids is 1. The van der Waals surface area contributed by atoms with Crippen molar-refractivity contribution in [2.24, 2.45) is 0 Å². The zero-order valence-electron chi connectivity index (χ0n) is 10.1. The van der Waals surface area contributed by atoms with Crippen LogP contribution in [0, 0.1) is 18.6 Å². The standard InChI is InChI=1S/C15H12F2O/c1-9-6-7-13(16)14(15(9)17)12-5-3-4-11(8-12)10(2)18/h3-8H,1-2H3. The maximum absolute atomic E-state index is 14.0. The van der Waals surface area contributed by atoms with E-state index in [9.17, 15) is 13.6 Å². The molecule has 0 aliphatic rings. The Morgan fingerprint density at radius 1 is 1.11 bits per heavy atom. The average Bonchev–Trinajstić information content (AvgIpc) is 2.35. The maximum atomic E-state index is 14.0. The minimum Gasteiger partial charge on any atom is -0.295 e. The van der Waals surface area contributed by atoms with Gasteiger partial charge in [0.25, 0.3) is 0 Å². The summed E-state index contributed by atoms with van der Waals surface area (Å²) in [6, 6.07) is 8.96. The molecular weight excluding hydrogens is 234 g/mol. The lowest BCUT2D eigenvalue weighted by atomic mass is 9.99. The Hall–Kier alpha value is -2.03. The van der Waals surface area contributed by atoms with Crippen LogP contribution >= 0.6 is 0 Å². The molecule has 0 N–H and O–H groups in total. The summed E-state index contributed by atoms with van der Waals surface area (Å²) < 4.78 is 27.7.